The molecule has 0 bridgehead atoms. The molecule has 3 aliphatic rings. The normalized spacial score (nSPS) is 35.1. The van der Waals surface area contributed by atoms with E-state index in [0.29, 0.717) is 6.04 Å². The van der Waals surface area contributed by atoms with Crippen LogP contribution in [-0.4, -0.2) is 17.2 Å². The van der Waals surface area contributed by atoms with Crippen molar-refractivity contribution < 1.29 is 4.74 Å². The quantitative estimate of drug-likeness (QED) is 0.748. The molecular formula is C22H25NO. The molecule has 2 nitrogen and oxygen atoms in total. The minimum absolute atomic E-state index is 0.101. The molecule has 5 rings (SSSR count). The van der Waals surface area contributed by atoms with Crippen molar-refractivity contribution >= 4 is 0 Å². The minimum atomic E-state index is -0.125. The van der Waals surface area contributed by atoms with Crippen LogP contribution in [0.4, 0.5) is 0 Å². The highest BCUT2D eigenvalue weighted by Gasteiger charge is 2.62. The van der Waals surface area contributed by atoms with E-state index in [9.17, 15) is 0 Å². The number of hydrogen-bond donors (Lipinski definition) is 0. The van der Waals surface area contributed by atoms with E-state index in [1.807, 2.05) is 0 Å². The largest absolute Gasteiger partial charge is 0.357 e. The van der Waals surface area contributed by atoms with Crippen LogP contribution >= 0.6 is 0 Å². The summed E-state index contributed by atoms with van der Waals surface area (Å²) in [5.74, 6) is 0. The van der Waals surface area contributed by atoms with Gasteiger partial charge >= 0.3 is 0 Å². The number of benzene rings is 2. The van der Waals surface area contributed by atoms with Crippen molar-refractivity contribution in [2.24, 2.45) is 0 Å². The summed E-state index contributed by atoms with van der Waals surface area (Å²) < 4.78 is 6.70. The van der Waals surface area contributed by atoms with Crippen LogP contribution < -0.4 is 0 Å². The third-order valence-corrected chi connectivity index (χ3v) is 6.76. The SMILES string of the molecule is C[C@@]12CCCCC13OC[C@@H](c1ccccc1)N3Cc1ccccc12. The third-order valence-electron chi connectivity index (χ3n) is 6.76. The second kappa shape index (κ2) is 5.18. The Bertz CT molecular complexity index is 758. The van der Waals surface area contributed by atoms with Crippen LogP contribution in [0.2, 0.25) is 0 Å². The first-order valence-corrected chi connectivity index (χ1v) is 9.29. The van der Waals surface area contributed by atoms with Crippen molar-refractivity contribution in [1.29, 1.82) is 0 Å². The van der Waals surface area contributed by atoms with Crippen LogP contribution in [0, 0.1) is 0 Å². The number of fused-ring (bicyclic) bond motifs is 2. The molecular weight excluding hydrogens is 294 g/mol. The minimum Gasteiger partial charge on any atom is -0.357 e. The lowest BCUT2D eigenvalue weighted by Gasteiger charge is -2.57. The van der Waals surface area contributed by atoms with Gasteiger partial charge in [-0.05, 0) is 36.0 Å². The van der Waals surface area contributed by atoms with Gasteiger partial charge in [-0.25, -0.2) is 0 Å². The maximum atomic E-state index is 6.70. The van der Waals surface area contributed by atoms with Gasteiger partial charge in [0.15, 0.2) is 0 Å². The molecule has 2 fully saturated rings. The van der Waals surface area contributed by atoms with Gasteiger partial charge in [0, 0.05) is 12.0 Å². The second-order valence-electron chi connectivity index (χ2n) is 7.85. The third kappa shape index (κ3) is 1.79. The van der Waals surface area contributed by atoms with Gasteiger partial charge in [-0.15, -0.1) is 0 Å². The molecule has 2 heteroatoms. The Morgan fingerprint density at radius 2 is 1.71 bits per heavy atom. The van der Waals surface area contributed by atoms with Crippen LogP contribution in [-0.2, 0) is 16.7 Å². The van der Waals surface area contributed by atoms with E-state index in [2.05, 4.69) is 66.4 Å². The van der Waals surface area contributed by atoms with Gasteiger partial charge in [-0.1, -0.05) is 67.9 Å². The lowest BCUT2D eigenvalue weighted by atomic mass is 9.61. The van der Waals surface area contributed by atoms with Crippen molar-refractivity contribution in [3.8, 4) is 0 Å². The van der Waals surface area contributed by atoms with E-state index >= 15 is 0 Å². The molecule has 2 aromatic rings. The molecule has 1 unspecified atom stereocenters. The molecule has 1 spiro atoms. The first kappa shape index (κ1) is 14.7. The molecule has 0 aromatic heterocycles. The number of ether oxygens (including phenoxy) is 1. The lowest BCUT2D eigenvalue weighted by molar-refractivity contribution is -0.172. The Morgan fingerprint density at radius 1 is 0.958 bits per heavy atom. The highest BCUT2D eigenvalue weighted by atomic mass is 16.5. The van der Waals surface area contributed by atoms with Gasteiger partial charge in [0.1, 0.15) is 5.72 Å². The Labute approximate surface area is 144 Å². The van der Waals surface area contributed by atoms with Crippen LogP contribution in [0.3, 0.4) is 0 Å². The van der Waals surface area contributed by atoms with Crippen molar-refractivity contribution in [3.05, 3.63) is 71.3 Å². The maximum Gasteiger partial charge on any atom is 0.132 e. The summed E-state index contributed by atoms with van der Waals surface area (Å²) in [5.41, 5.74) is 4.38. The van der Waals surface area contributed by atoms with Gasteiger partial charge in [-0.3, -0.25) is 4.90 Å². The molecule has 1 aliphatic carbocycles. The first-order chi connectivity index (χ1) is 11.7. The topological polar surface area (TPSA) is 12.5 Å². The molecule has 2 aromatic carbocycles. The van der Waals surface area contributed by atoms with Crippen molar-refractivity contribution in [2.45, 2.75) is 56.3 Å². The molecule has 124 valence electrons. The van der Waals surface area contributed by atoms with Gasteiger partial charge in [0.25, 0.3) is 0 Å². The summed E-state index contributed by atoms with van der Waals surface area (Å²) in [6.45, 7) is 4.27. The molecule has 24 heavy (non-hydrogen) atoms. The fourth-order valence-electron chi connectivity index (χ4n) is 5.56. The van der Waals surface area contributed by atoms with Gasteiger partial charge in [-0.2, -0.15) is 0 Å². The first-order valence-electron chi connectivity index (χ1n) is 9.29. The monoisotopic (exact) mass is 319 g/mol. The Kier molecular flexibility index (Phi) is 3.17. The summed E-state index contributed by atoms with van der Waals surface area (Å²) in [6, 6.07) is 20.3. The van der Waals surface area contributed by atoms with Gasteiger partial charge < -0.3 is 4.74 Å². The van der Waals surface area contributed by atoms with Gasteiger partial charge in [0.2, 0.25) is 0 Å². The van der Waals surface area contributed by atoms with Crippen LogP contribution in [0.1, 0.15) is 55.3 Å². The second-order valence-corrected chi connectivity index (χ2v) is 7.85. The van der Waals surface area contributed by atoms with E-state index < -0.39 is 0 Å². The van der Waals surface area contributed by atoms with Crippen molar-refractivity contribution in [2.75, 3.05) is 6.61 Å². The molecule has 1 saturated heterocycles. The van der Waals surface area contributed by atoms with E-state index in [4.69, 9.17) is 4.74 Å². The Hall–Kier alpha value is -1.64. The van der Waals surface area contributed by atoms with Crippen LogP contribution in [0.5, 0.6) is 0 Å². The fraction of sp³-hybridized carbons (Fsp3) is 0.455. The molecule has 1 saturated carbocycles. The molecule has 2 heterocycles. The van der Waals surface area contributed by atoms with Crippen LogP contribution in [0.25, 0.3) is 0 Å². The smallest absolute Gasteiger partial charge is 0.132 e. The number of nitrogens with zero attached hydrogens (tertiary/aromatic N) is 1. The number of hydrogen-bond acceptors (Lipinski definition) is 2. The molecule has 0 N–H and O–H groups in total. The molecule has 0 amide bonds. The summed E-state index contributed by atoms with van der Waals surface area (Å²) >= 11 is 0. The van der Waals surface area contributed by atoms with Crippen LogP contribution in [0.15, 0.2) is 54.6 Å². The van der Waals surface area contributed by atoms with E-state index in [-0.39, 0.29) is 11.1 Å². The maximum absolute atomic E-state index is 6.70. The van der Waals surface area contributed by atoms with E-state index in [1.54, 1.807) is 0 Å². The summed E-state index contributed by atoms with van der Waals surface area (Å²) in [5, 5.41) is 0. The Balaban J connectivity index is 1.67. The number of rotatable bonds is 1. The Morgan fingerprint density at radius 3 is 2.58 bits per heavy atom. The summed E-state index contributed by atoms with van der Waals surface area (Å²) in [6.07, 6.45) is 4.96. The summed E-state index contributed by atoms with van der Waals surface area (Å²) in [4.78, 5) is 2.68. The zero-order valence-electron chi connectivity index (χ0n) is 14.4. The molecule has 0 radical (unpaired) electrons. The van der Waals surface area contributed by atoms with Gasteiger partial charge in [0.05, 0.1) is 12.6 Å². The van der Waals surface area contributed by atoms with Crippen molar-refractivity contribution in [1.82, 2.24) is 4.90 Å². The van der Waals surface area contributed by atoms with E-state index in [1.165, 1.54) is 36.0 Å². The standard InChI is InChI=1S/C22H25NO/c1-21-13-7-8-14-22(21)23(15-18-11-5-6-12-19(18)21)20(16-24-22)17-9-3-2-4-10-17/h2-6,9-12,20H,7-8,13-16H2,1H3/t20-,21-,22?/m0/s1. The average molecular weight is 319 g/mol. The van der Waals surface area contributed by atoms with Crippen molar-refractivity contribution in [3.63, 3.8) is 0 Å². The predicted octanol–water partition coefficient (Wildman–Crippen LogP) is 4.80. The average Bonchev–Trinajstić information content (AvgIpc) is 3.00. The highest BCUT2D eigenvalue weighted by Crippen LogP contribution is 2.59. The summed E-state index contributed by atoms with van der Waals surface area (Å²) in [7, 11) is 0. The zero-order valence-corrected chi connectivity index (χ0v) is 14.4. The lowest BCUT2D eigenvalue weighted by Crippen LogP contribution is -2.63. The molecule has 3 atom stereocenters. The predicted molar refractivity (Wildman–Crippen MR) is 95.7 cm³/mol. The highest BCUT2D eigenvalue weighted by molar-refractivity contribution is 5.42. The van der Waals surface area contributed by atoms with E-state index in [0.717, 1.165) is 19.6 Å². The zero-order chi connectivity index (χ0) is 16.2. The molecule has 2 aliphatic heterocycles. The fourth-order valence-corrected chi connectivity index (χ4v) is 5.56.